The van der Waals surface area contributed by atoms with Gasteiger partial charge in [0.25, 0.3) is 5.91 Å². The van der Waals surface area contributed by atoms with Gasteiger partial charge in [-0.3, -0.25) is 4.79 Å². The maximum atomic E-state index is 12.8. The Bertz CT molecular complexity index is 1280. The number of anilines is 2. The second kappa shape index (κ2) is 11.6. The van der Waals surface area contributed by atoms with Crippen LogP contribution in [-0.4, -0.2) is 58.3 Å². The summed E-state index contributed by atoms with van der Waals surface area (Å²) in [7, 11) is 7.85. The number of carbonyl (C=O) groups excluding carboxylic acids is 1. The van der Waals surface area contributed by atoms with E-state index in [1.807, 2.05) is 74.4 Å². The largest absolute Gasteiger partial charge is 0.478 e. The summed E-state index contributed by atoms with van der Waals surface area (Å²) in [5.74, 6) is -0.381. The van der Waals surface area contributed by atoms with E-state index in [-0.39, 0.29) is 17.4 Å². The lowest BCUT2D eigenvalue weighted by Gasteiger charge is -2.31. The minimum absolute atomic E-state index is 0.0953. The highest BCUT2D eigenvalue weighted by Gasteiger charge is 2.32. The van der Waals surface area contributed by atoms with Crippen molar-refractivity contribution in [3.05, 3.63) is 82.4 Å². The standard InChI is InChI=1S/C30H36N4O4/c1-33(2)20-9-12-23-26(17-20)38-27-18-21(34(3)4)10-13-24(27)28(23)22-11-8-19(16-25(22)30(36)37)29(35)32-15-7-5-6-14-31/h8-13,16-18,28H,5-7,14-15,31H2,1-4H3,(H,32,35)(H,36,37). The number of hydrogen-bond acceptors (Lipinski definition) is 6. The molecule has 1 amide bonds. The van der Waals surface area contributed by atoms with Gasteiger partial charge in [-0.15, -0.1) is 0 Å². The minimum Gasteiger partial charge on any atom is -0.478 e. The van der Waals surface area contributed by atoms with Crippen molar-refractivity contribution in [2.24, 2.45) is 5.73 Å². The Morgan fingerprint density at radius 1 is 0.842 bits per heavy atom. The number of carboxylic acid groups (broad SMARTS) is 1. The first-order valence-corrected chi connectivity index (χ1v) is 12.9. The van der Waals surface area contributed by atoms with Crippen molar-refractivity contribution in [1.29, 1.82) is 0 Å². The first-order chi connectivity index (χ1) is 18.2. The molecule has 8 heteroatoms. The van der Waals surface area contributed by atoms with E-state index in [1.165, 1.54) is 6.07 Å². The molecule has 1 aliphatic heterocycles. The molecule has 0 aliphatic carbocycles. The van der Waals surface area contributed by atoms with E-state index in [2.05, 4.69) is 5.32 Å². The van der Waals surface area contributed by atoms with Gasteiger partial charge in [0.05, 0.1) is 5.56 Å². The van der Waals surface area contributed by atoms with E-state index in [4.69, 9.17) is 10.5 Å². The third-order valence-corrected chi connectivity index (χ3v) is 6.89. The van der Waals surface area contributed by atoms with Crippen molar-refractivity contribution >= 4 is 23.3 Å². The van der Waals surface area contributed by atoms with E-state index >= 15 is 0 Å². The van der Waals surface area contributed by atoms with E-state index < -0.39 is 5.97 Å². The van der Waals surface area contributed by atoms with Crippen LogP contribution in [0.4, 0.5) is 11.4 Å². The molecule has 0 spiro atoms. The number of unbranched alkanes of at least 4 members (excludes halogenated alkanes) is 2. The van der Waals surface area contributed by atoms with E-state index in [9.17, 15) is 14.7 Å². The van der Waals surface area contributed by atoms with Gasteiger partial charge in [-0.05, 0) is 49.2 Å². The third kappa shape index (κ3) is 5.60. The number of amides is 1. The van der Waals surface area contributed by atoms with Crippen LogP contribution >= 0.6 is 0 Å². The molecule has 0 radical (unpaired) electrons. The number of fused-ring (bicyclic) bond motifs is 2. The molecule has 8 nitrogen and oxygen atoms in total. The Balaban J connectivity index is 1.77. The fraction of sp³-hybridized carbons (Fsp3) is 0.333. The zero-order valence-electron chi connectivity index (χ0n) is 22.5. The Morgan fingerprint density at radius 2 is 1.42 bits per heavy atom. The summed E-state index contributed by atoms with van der Waals surface area (Å²) in [6.45, 7) is 1.15. The fourth-order valence-corrected chi connectivity index (χ4v) is 4.76. The number of rotatable bonds is 10. The molecule has 200 valence electrons. The zero-order valence-corrected chi connectivity index (χ0v) is 22.5. The first kappa shape index (κ1) is 27.0. The van der Waals surface area contributed by atoms with Gasteiger partial charge in [-0.25, -0.2) is 4.79 Å². The topological polar surface area (TPSA) is 108 Å². The smallest absolute Gasteiger partial charge is 0.336 e. The number of ether oxygens (including phenoxy) is 1. The summed E-state index contributed by atoms with van der Waals surface area (Å²) in [4.78, 5) is 29.3. The first-order valence-electron chi connectivity index (χ1n) is 12.9. The van der Waals surface area contributed by atoms with Gasteiger partial charge in [-0.2, -0.15) is 0 Å². The lowest BCUT2D eigenvalue weighted by molar-refractivity contribution is 0.0695. The molecule has 0 bridgehead atoms. The Morgan fingerprint density at radius 3 is 1.95 bits per heavy atom. The van der Waals surface area contributed by atoms with Gasteiger partial charge in [0, 0.05) is 80.9 Å². The third-order valence-electron chi connectivity index (χ3n) is 6.89. The second-order valence-corrected chi connectivity index (χ2v) is 9.98. The lowest BCUT2D eigenvalue weighted by Crippen LogP contribution is -2.25. The molecule has 1 heterocycles. The summed E-state index contributed by atoms with van der Waals surface area (Å²) < 4.78 is 6.37. The molecule has 1 aliphatic rings. The minimum atomic E-state index is -1.08. The molecule has 0 aromatic heterocycles. The molecule has 3 aromatic rings. The molecule has 3 aromatic carbocycles. The van der Waals surface area contributed by atoms with Gasteiger partial charge in [-0.1, -0.05) is 24.6 Å². The van der Waals surface area contributed by atoms with Crippen LogP contribution in [0.1, 0.15) is 62.6 Å². The summed E-state index contributed by atoms with van der Waals surface area (Å²) in [6, 6.07) is 16.9. The van der Waals surface area contributed by atoms with Crippen molar-refractivity contribution in [1.82, 2.24) is 5.32 Å². The van der Waals surface area contributed by atoms with Crippen LogP contribution in [0.5, 0.6) is 11.5 Å². The zero-order chi connectivity index (χ0) is 27.4. The van der Waals surface area contributed by atoms with E-state index in [1.54, 1.807) is 12.1 Å². The predicted octanol–water partition coefficient (Wildman–Crippen LogP) is 4.66. The normalized spacial score (nSPS) is 12.2. The van der Waals surface area contributed by atoms with E-state index in [0.29, 0.717) is 35.7 Å². The molecule has 38 heavy (non-hydrogen) atoms. The van der Waals surface area contributed by atoms with E-state index in [0.717, 1.165) is 41.8 Å². The number of carboxylic acids is 1. The molecule has 4 rings (SSSR count). The van der Waals surface area contributed by atoms with Crippen LogP contribution in [0.2, 0.25) is 0 Å². The molecular weight excluding hydrogens is 480 g/mol. The van der Waals surface area contributed by atoms with Crippen molar-refractivity contribution in [2.45, 2.75) is 25.2 Å². The average molecular weight is 517 g/mol. The van der Waals surface area contributed by atoms with Crippen LogP contribution in [0.3, 0.4) is 0 Å². The molecule has 0 saturated carbocycles. The number of nitrogens with two attached hydrogens (primary N) is 1. The SMILES string of the molecule is CN(C)c1ccc2c(c1)Oc1cc(N(C)C)ccc1C2c1ccc(C(=O)NCCCCCN)cc1C(=O)O. The maximum absolute atomic E-state index is 12.8. The maximum Gasteiger partial charge on any atom is 0.336 e. The number of aromatic carboxylic acids is 1. The second-order valence-electron chi connectivity index (χ2n) is 9.98. The quantitative estimate of drug-likeness (QED) is 0.263. The lowest BCUT2D eigenvalue weighted by atomic mass is 9.80. The molecule has 0 fully saturated rings. The van der Waals surface area contributed by atoms with Crippen molar-refractivity contribution in [3.8, 4) is 11.5 Å². The van der Waals surface area contributed by atoms with Crippen LogP contribution in [0.25, 0.3) is 0 Å². The average Bonchev–Trinajstić information content (AvgIpc) is 2.90. The molecular formula is C30H36N4O4. The number of benzene rings is 3. The van der Waals surface area contributed by atoms with Gasteiger partial charge >= 0.3 is 5.97 Å². The van der Waals surface area contributed by atoms with Gasteiger partial charge < -0.3 is 30.7 Å². The fourth-order valence-electron chi connectivity index (χ4n) is 4.76. The summed E-state index contributed by atoms with van der Waals surface area (Å²) in [5, 5.41) is 13.1. The molecule has 0 saturated heterocycles. The van der Waals surface area contributed by atoms with Gasteiger partial charge in [0.15, 0.2) is 0 Å². The number of nitrogens with zero attached hydrogens (tertiary/aromatic N) is 2. The van der Waals surface area contributed by atoms with Crippen molar-refractivity contribution in [2.75, 3.05) is 51.1 Å². The van der Waals surface area contributed by atoms with Gasteiger partial charge in [0.2, 0.25) is 0 Å². The van der Waals surface area contributed by atoms with Crippen LogP contribution in [0.15, 0.2) is 54.6 Å². The molecule has 0 unspecified atom stereocenters. The highest BCUT2D eigenvalue weighted by Crippen LogP contribution is 2.49. The van der Waals surface area contributed by atoms with Crippen LogP contribution < -0.4 is 25.6 Å². The predicted molar refractivity (Wildman–Crippen MR) is 151 cm³/mol. The summed E-state index contributed by atoms with van der Waals surface area (Å²) in [6.07, 6.45) is 2.67. The highest BCUT2D eigenvalue weighted by atomic mass is 16.5. The van der Waals surface area contributed by atoms with Crippen molar-refractivity contribution < 1.29 is 19.4 Å². The van der Waals surface area contributed by atoms with Gasteiger partial charge in [0.1, 0.15) is 11.5 Å². The Labute approximate surface area is 224 Å². The van der Waals surface area contributed by atoms with Crippen molar-refractivity contribution in [3.63, 3.8) is 0 Å². The Kier molecular flexibility index (Phi) is 8.22. The number of nitrogens with one attached hydrogen (secondary N) is 1. The summed E-state index contributed by atoms with van der Waals surface area (Å²) >= 11 is 0. The van der Waals surface area contributed by atoms with Crippen LogP contribution in [-0.2, 0) is 0 Å². The molecule has 0 atom stereocenters. The number of hydrogen-bond donors (Lipinski definition) is 3. The molecule has 4 N–H and O–H groups in total. The number of carbonyl (C=O) groups is 2. The Hall–Kier alpha value is -4.04. The highest BCUT2D eigenvalue weighted by molar-refractivity contribution is 5.98. The summed E-state index contributed by atoms with van der Waals surface area (Å²) in [5.41, 5.74) is 10.3. The monoisotopic (exact) mass is 516 g/mol. The van der Waals surface area contributed by atoms with Crippen LogP contribution in [0, 0.1) is 0 Å².